The van der Waals surface area contributed by atoms with E-state index in [9.17, 15) is 26.0 Å². The summed E-state index contributed by atoms with van der Waals surface area (Å²) >= 11 is 0. The van der Waals surface area contributed by atoms with Crippen LogP contribution in [0.1, 0.15) is 25.3 Å². The molecule has 0 radical (unpaired) electrons. The molecule has 23 heavy (non-hydrogen) atoms. The second-order valence-corrected chi connectivity index (χ2v) is 7.79. The van der Waals surface area contributed by atoms with E-state index >= 15 is 0 Å². The molecule has 0 aromatic heterocycles. The van der Waals surface area contributed by atoms with Gasteiger partial charge in [0.1, 0.15) is 5.82 Å². The summed E-state index contributed by atoms with van der Waals surface area (Å²) in [6.07, 6.45) is -3.43. The molecule has 1 fully saturated rings. The first-order valence-corrected chi connectivity index (χ1v) is 8.59. The molecule has 2 N–H and O–H groups in total. The Labute approximate surface area is 132 Å². The molecule has 0 saturated carbocycles. The molecule has 4 nitrogen and oxygen atoms in total. The molecule has 0 unspecified atom stereocenters. The van der Waals surface area contributed by atoms with E-state index in [4.69, 9.17) is 0 Å². The number of rotatable bonds is 4. The molecule has 0 spiro atoms. The molecule has 0 bridgehead atoms. The van der Waals surface area contributed by atoms with E-state index in [1.54, 1.807) is 0 Å². The highest BCUT2D eigenvalue weighted by Crippen LogP contribution is 2.33. The molecular formula is C14H18F4N2O2S. The molecule has 1 aliphatic rings. The third-order valence-electron chi connectivity index (χ3n) is 4.05. The Bertz CT molecular complexity index is 668. The molecule has 1 saturated heterocycles. The first-order chi connectivity index (χ1) is 10.5. The van der Waals surface area contributed by atoms with Crippen LogP contribution in [-0.2, 0) is 16.2 Å². The number of hydrogen-bond acceptors (Lipinski definition) is 3. The van der Waals surface area contributed by atoms with Crippen LogP contribution in [0, 0.1) is 11.2 Å². The highest BCUT2D eigenvalue weighted by molar-refractivity contribution is 7.89. The van der Waals surface area contributed by atoms with Gasteiger partial charge in [-0.3, -0.25) is 0 Å². The number of piperidine rings is 1. The summed E-state index contributed by atoms with van der Waals surface area (Å²) < 4.78 is 78.0. The van der Waals surface area contributed by atoms with Crippen LogP contribution in [0.25, 0.3) is 0 Å². The van der Waals surface area contributed by atoms with E-state index in [1.165, 1.54) is 0 Å². The molecular weight excluding hydrogens is 336 g/mol. The molecule has 1 aromatic carbocycles. The van der Waals surface area contributed by atoms with Gasteiger partial charge in [0.25, 0.3) is 0 Å². The van der Waals surface area contributed by atoms with E-state index in [1.807, 2.05) is 6.92 Å². The minimum absolute atomic E-state index is 0.121. The fourth-order valence-electron chi connectivity index (χ4n) is 2.45. The second-order valence-electron chi connectivity index (χ2n) is 6.02. The summed E-state index contributed by atoms with van der Waals surface area (Å²) in [6.45, 7) is 3.55. The minimum atomic E-state index is -4.95. The maximum Gasteiger partial charge on any atom is 0.419 e. The van der Waals surface area contributed by atoms with Crippen LogP contribution in [0.2, 0.25) is 0 Å². The van der Waals surface area contributed by atoms with Crippen molar-refractivity contribution in [3.05, 3.63) is 29.6 Å². The van der Waals surface area contributed by atoms with Gasteiger partial charge in [0, 0.05) is 6.54 Å². The van der Waals surface area contributed by atoms with Crippen LogP contribution in [0.15, 0.2) is 23.1 Å². The van der Waals surface area contributed by atoms with Crippen molar-refractivity contribution in [2.45, 2.75) is 30.8 Å². The predicted molar refractivity (Wildman–Crippen MR) is 76.8 cm³/mol. The Morgan fingerprint density at radius 3 is 2.43 bits per heavy atom. The zero-order chi connectivity index (χ0) is 17.3. The first-order valence-electron chi connectivity index (χ1n) is 7.11. The van der Waals surface area contributed by atoms with Crippen LogP contribution in [0.4, 0.5) is 17.6 Å². The Morgan fingerprint density at radius 1 is 1.26 bits per heavy atom. The summed E-state index contributed by atoms with van der Waals surface area (Å²) in [7, 11) is -4.13. The van der Waals surface area contributed by atoms with Crippen molar-refractivity contribution in [2.75, 3.05) is 19.6 Å². The van der Waals surface area contributed by atoms with Gasteiger partial charge in [-0.15, -0.1) is 0 Å². The molecule has 9 heteroatoms. The van der Waals surface area contributed by atoms with E-state index in [2.05, 4.69) is 10.0 Å². The topological polar surface area (TPSA) is 58.2 Å². The molecule has 2 rings (SSSR count). The first kappa shape index (κ1) is 18.2. The highest BCUT2D eigenvalue weighted by atomic mass is 32.2. The average molecular weight is 354 g/mol. The van der Waals surface area contributed by atoms with Gasteiger partial charge in [-0.1, -0.05) is 6.92 Å². The predicted octanol–water partition coefficient (Wildman–Crippen LogP) is 2.51. The van der Waals surface area contributed by atoms with Crippen molar-refractivity contribution >= 4 is 10.0 Å². The van der Waals surface area contributed by atoms with Crippen LogP contribution in [0.5, 0.6) is 0 Å². The van der Waals surface area contributed by atoms with Gasteiger partial charge in [-0.05, 0) is 49.5 Å². The van der Waals surface area contributed by atoms with Gasteiger partial charge in [0.2, 0.25) is 10.0 Å². The van der Waals surface area contributed by atoms with E-state index < -0.39 is 32.5 Å². The van der Waals surface area contributed by atoms with Crippen molar-refractivity contribution < 1.29 is 26.0 Å². The van der Waals surface area contributed by atoms with Gasteiger partial charge < -0.3 is 5.32 Å². The van der Waals surface area contributed by atoms with Crippen molar-refractivity contribution in [3.63, 3.8) is 0 Å². The van der Waals surface area contributed by atoms with E-state index in [-0.39, 0.29) is 12.0 Å². The lowest BCUT2D eigenvalue weighted by atomic mass is 9.81. The normalized spacial score (nSPS) is 18.8. The van der Waals surface area contributed by atoms with Crippen molar-refractivity contribution in [1.82, 2.24) is 10.0 Å². The Balaban J connectivity index is 2.19. The molecule has 0 amide bonds. The smallest absolute Gasteiger partial charge is 0.317 e. The van der Waals surface area contributed by atoms with Gasteiger partial charge in [0.05, 0.1) is 10.5 Å². The Morgan fingerprint density at radius 2 is 1.87 bits per heavy atom. The molecule has 1 aliphatic heterocycles. The number of hydrogen-bond donors (Lipinski definition) is 2. The molecule has 0 aliphatic carbocycles. The summed E-state index contributed by atoms with van der Waals surface area (Å²) in [6, 6.07) is 1.67. The number of halogens is 4. The zero-order valence-corrected chi connectivity index (χ0v) is 13.3. The van der Waals surface area contributed by atoms with Crippen molar-refractivity contribution in [1.29, 1.82) is 0 Å². The maximum atomic E-state index is 13.2. The number of sulfonamides is 1. The lowest BCUT2D eigenvalue weighted by molar-refractivity contribution is -0.140. The lowest BCUT2D eigenvalue weighted by Crippen LogP contribution is -2.42. The van der Waals surface area contributed by atoms with Gasteiger partial charge in [-0.2, -0.15) is 13.2 Å². The Hall–Kier alpha value is -1.19. The third-order valence-corrected chi connectivity index (χ3v) is 5.45. The quantitative estimate of drug-likeness (QED) is 0.817. The molecule has 1 heterocycles. The number of benzene rings is 1. The van der Waals surface area contributed by atoms with Crippen LogP contribution < -0.4 is 10.0 Å². The summed E-state index contributed by atoms with van der Waals surface area (Å²) in [5, 5.41) is 3.16. The van der Waals surface area contributed by atoms with Gasteiger partial charge >= 0.3 is 6.18 Å². The largest absolute Gasteiger partial charge is 0.419 e. The van der Waals surface area contributed by atoms with Crippen molar-refractivity contribution in [3.8, 4) is 0 Å². The fraction of sp³-hybridized carbons (Fsp3) is 0.571. The summed E-state index contributed by atoms with van der Waals surface area (Å²) in [4.78, 5) is -0.594. The van der Waals surface area contributed by atoms with Crippen molar-refractivity contribution in [2.24, 2.45) is 5.41 Å². The molecule has 0 atom stereocenters. The monoisotopic (exact) mass is 354 g/mol. The lowest BCUT2D eigenvalue weighted by Gasteiger charge is -2.34. The van der Waals surface area contributed by atoms with Gasteiger partial charge in [0.15, 0.2) is 0 Å². The summed E-state index contributed by atoms with van der Waals surface area (Å²) in [5.41, 5.74) is -1.85. The van der Waals surface area contributed by atoms with Gasteiger partial charge in [-0.25, -0.2) is 17.5 Å². The average Bonchev–Trinajstić information content (AvgIpc) is 2.45. The number of alkyl halides is 3. The molecule has 130 valence electrons. The zero-order valence-electron chi connectivity index (χ0n) is 12.5. The SMILES string of the molecule is CC1(CNS(=O)(=O)c2ccc(F)c(C(F)(F)F)c2)CCNCC1. The van der Waals surface area contributed by atoms with Crippen LogP contribution in [0.3, 0.4) is 0 Å². The number of nitrogens with one attached hydrogen (secondary N) is 2. The maximum absolute atomic E-state index is 13.2. The Kier molecular flexibility index (Phi) is 5.03. The van der Waals surface area contributed by atoms with E-state index in [0.29, 0.717) is 12.1 Å². The highest BCUT2D eigenvalue weighted by Gasteiger charge is 2.36. The van der Waals surface area contributed by atoms with Crippen LogP contribution in [-0.4, -0.2) is 28.1 Å². The minimum Gasteiger partial charge on any atom is -0.317 e. The second kappa shape index (κ2) is 6.37. The fourth-order valence-corrected chi connectivity index (χ4v) is 3.67. The standard InChI is InChI=1S/C14H18F4N2O2S/c1-13(4-6-19-7-5-13)9-20-23(21,22)10-2-3-12(15)11(8-10)14(16,17)18/h2-3,8,19-20H,4-7,9H2,1H3. The summed E-state index contributed by atoms with van der Waals surface area (Å²) in [5.74, 6) is -1.50. The molecule has 1 aromatic rings. The third kappa shape index (κ3) is 4.42. The van der Waals surface area contributed by atoms with Crippen LogP contribution >= 0.6 is 0 Å². The van der Waals surface area contributed by atoms with E-state index in [0.717, 1.165) is 32.0 Å².